The van der Waals surface area contributed by atoms with E-state index in [1.807, 2.05) is 6.92 Å². The molecule has 0 saturated carbocycles. The van der Waals surface area contributed by atoms with Crippen LogP contribution in [0.1, 0.15) is 18.1 Å². The zero-order valence-electron chi connectivity index (χ0n) is 15.3. The van der Waals surface area contributed by atoms with E-state index in [0.29, 0.717) is 23.7 Å². The minimum Gasteiger partial charge on any atom is -0.490 e. The van der Waals surface area contributed by atoms with E-state index in [9.17, 15) is 14.0 Å². The van der Waals surface area contributed by atoms with Gasteiger partial charge in [0.1, 0.15) is 18.0 Å². The lowest BCUT2D eigenvalue weighted by Crippen LogP contribution is -2.51. The molecule has 2 aromatic rings. The maximum absolute atomic E-state index is 13.1. The second-order valence-electron chi connectivity index (χ2n) is 5.97. The van der Waals surface area contributed by atoms with Gasteiger partial charge in [0, 0.05) is 0 Å². The van der Waals surface area contributed by atoms with Crippen molar-refractivity contribution < 1.29 is 23.5 Å². The summed E-state index contributed by atoms with van der Waals surface area (Å²) in [7, 11) is 0. The third kappa shape index (κ3) is 5.30. The molecule has 29 heavy (non-hydrogen) atoms. The number of carbonyl (C=O) groups is 2. The van der Waals surface area contributed by atoms with Gasteiger partial charge in [-0.3, -0.25) is 20.2 Å². The van der Waals surface area contributed by atoms with Crippen LogP contribution in [0.3, 0.4) is 0 Å². The van der Waals surface area contributed by atoms with Crippen molar-refractivity contribution in [2.75, 3.05) is 6.61 Å². The van der Waals surface area contributed by atoms with E-state index in [0.717, 1.165) is 9.13 Å². The number of rotatable bonds is 6. The molecular formula is C20H16FIN2O4S. The summed E-state index contributed by atoms with van der Waals surface area (Å²) >= 11 is 6.89. The van der Waals surface area contributed by atoms with Crippen LogP contribution in [0.15, 0.2) is 42.0 Å². The molecule has 2 amide bonds. The van der Waals surface area contributed by atoms with E-state index >= 15 is 0 Å². The van der Waals surface area contributed by atoms with E-state index < -0.39 is 11.8 Å². The van der Waals surface area contributed by atoms with Gasteiger partial charge in [-0.15, -0.1) is 0 Å². The van der Waals surface area contributed by atoms with Crippen molar-refractivity contribution in [3.63, 3.8) is 0 Å². The predicted octanol–water partition coefficient (Wildman–Crippen LogP) is 3.32. The van der Waals surface area contributed by atoms with Gasteiger partial charge >= 0.3 is 0 Å². The van der Waals surface area contributed by atoms with Gasteiger partial charge in [0.25, 0.3) is 11.8 Å². The Balaban J connectivity index is 1.88. The molecular weight excluding hydrogens is 510 g/mol. The predicted molar refractivity (Wildman–Crippen MR) is 118 cm³/mol. The molecule has 0 spiro atoms. The Morgan fingerprint density at radius 2 is 1.76 bits per heavy atom. The van der Waals surface area contributed by atoms with Crippen molar-refractivity contribution in [2.24, 2.45) is 0 Å². The molecule has 3 rings (SSSR count). The number of ether oxygens (including phenoxy) is 2. The van der Waals surface area contributed by atoms with Crippen LogP contribution >= 0.6 is 34.8 Å². The molecule has 0 radical (unpaired) electrons. The highest BCUT2D eigenvalue weighted by Gasteiger charge is 2.26. The van der Waals surface area contributed by atoms with Crippen molar-refractivity contribution in [2.45, 2.75) is 13.5 Å². The summed E-state index contributed by atoms with van der Waals surface area (Å²) in [4.78, 5) is 24.1. The average Bonchev–Trinajstić information content (AvgIpc) is 2.65. The van der Waals surface area contributed by atoms with E-state index in [-0.39, 0.29) is 23.1 Å². The van der Waals surface area contributed by atoms with Crippen LogP contribution in [0.4, 0.5) is 4.39 Å². The summed E-state index contributed by atoms with van der Waals surface area (Å²) < 4.78 is 25.4. The van der Waals surface area contributed by atoms with Gasteiger partial charge < -0.3 is 9.47 Å². The summed E-state index contributed by atoms with van der Waals surface area (Å²) in [5, 5.41) is 4.77. The molecule has 0 atom stereocenters. The number of thiocarbonyl (C=S) groups is 1. The molecule has 1 aliphatic rings. The highest BCUT2D eigenvalue weighted by Crippen LogP contribution is 2.35. The Hall–Kier alpha value is -2.53. The molecule has 150 valence electrons. The smallest absolute Gasteiger partial charge is 0.263 e. The highest BCUT2D eigenvalue weighted by atomic mass is 127. The first kappa shape index (κ1) is 21.2. The highest BCUT2D eigenvalue weighted by molar-refractivity contribution is 14.1. The largest absolute Gasteiger partial charge is 0.490 e. The molecule has 0 aliphatic carbocycles. The van der Waals surface area contributed by atoms with Gasteiger partial charge in [0.05, 0.1) is 10.2 Å². The number of carbonyl (C=O) groups excluding carboxylic acids is 2. The SMILES string of the molecule is CCOc1cc(C=C2C(=O)NC(=S)NC2=O)cc(I)c1OCc1ccc(F)cc1. The van der Waals surface area contributed by atoms with Gasteiger partial charge in [-0.05, 0) is 83.2 Å². The second-order valence-corrected chi connectivity index (χ2v) is 7.54. The van der Waals surface area contributed by atoms with E-state index in [4.69, 9.17) is 21.7 Å². The van der Waals surface area contributed by atoms with Gasteiger partial charge in [-0.2, -0.15) is 0 Å². The molecule has 0 unspecified atom stereocenters. The summed E-state index contributed by atoms with van der Waals surface area (Å²) in [5.41, 5.74) is 1.35. The first-order valence-corrected chi connectivity index (χ1v) is 10.1. The fraction of sp³-hybridized carbons (Fsp3) is 0.150. The lowest BCUT2D eigenvalue weighted by molar-refractivity contribution is -0.123. The molecule has 1 heterocycles. The van der Waals surface area contributed by atoms with Crippen LogP contribution < -0.4 is 20.1 Å². The number of halogens is 2. The molecule has 6 nitrogen and oxygen atoms in total. The Labute approximate surface area is 185 Å². The summed E-state index contributed by atoms with van der Waals surface area (Å²) in [6.45, 7) is 2.47. The number of hydrogen-bond acceptors (Lipinski definition) is 5. The lowest BCUT2D eigenvalue weighted by atomic mass is 10.1. The summed E-state index contributed by atoms with van der Waals surface area (Å²) in [6, 6.07) is 9.48. The van der Waals surface area contributed by atoms with Crippen molar-refractivity contribution >= 4 is 57.8 Å². The minimum absolute atomic E-state index is 0.0220. The fourth-order valence-corrected chi connectivity index (χ4v) is 3.55. The van der Waals surface area contributed by atoms with E-state index in [1.165, 1.54) is 18.2 Å². The average molecular weight is 526 g/mol. The maximum atomic E-state index is 13.1. The Morgan fingerprint density at radius 1 is 1.10 bits per heavy atom. The standard InChI is InChI=1S/C20H16FIN2O4S/c1-2-27-16-9-12(7-14-18(25)23-20(29)24-19(14)26)8-15(22)17(16)28-10-11-3-5-13(21)6-4-11/h3-9H,2,10H2,1H3,(H2,23,24,25,26,29). The number of nitrogens with one attached hydrogen (secondary N) is 2. The van der Waals surface area contributed by atoms with Crippen molar-refractivity contribution in [1.82, 2.24) is 10.6 Å². The summed E-state index contributed by atoms with van der Waals surface area (Å²) in [5.74, 6) is -0.447. The lowest BCUT2D eigenvalue weighted by Gasteiger charge is -2.17. The monoisotopic (exact) mass is 526 g/mol. The topological polar surface area (TPSA) is 76.7 Å². The molecule has 9 heteroatoms. The fourth-order valence-electron chi connectivity index (χ4n) is 2.58. The van der Waals surface area contributed by atoms with E-state index in [2.05, 4.69) is 33.2 Å². The van der Waals surface area contributed by atoms with Gasteiger partial charge in [0.15, 0.2) is 16.6 Å². The van der Waals surface area contributed by atoms with E-state index in [1.54, 1.807) is 24.3 Å². The van der Waals surface area contributed by atoms with Crippen LogP contribution in [0.5, 0.6) is 11.5 Å². The number of hydrogen-bond donors (Lipinski definition) is 2. The molecule has 1 fully saturated rings. The summed E-state index contributed by atoms with van der Waals surface area (Å²) in [6.07, 6.45) is 1.46. The minimum atomic E-state index is -0.566. The molecule has 0 bridgehead atoms. The van der Waals surface area contributed by atoms with Gasteiger partial charge in [0.2, 0.25) is 0 Å². The maximum Gasteiger partial charge on any atom is 0.263 e. The van der Waals surface area contributed by atoms with Crippen LogP contribution in [-0.2, 0) is 16.2 Å². The molecule has 0 aromatic heterocycles. The second kappa shape index (κ2) is 9.31. The Kier molecular flexibility index (Phi) is 6.80. The zero-order valence-corrected chi connectivity index (χ0v) is 18.2. The van der Waals surface area contributed by atoms with Gasteiger partial charge in [-0.1, -0.05) is 12.1 Å². The molecule has 2 N–H and O–H groups in total. The Bertz CT molecular complexity index is 986. The van der Waals surface area contributed by atoms with Crippen LogP contribution in [-0.4, -0.2) is 23.5 Å². The van der Waals surface area contributed by atoms with Gasteiger partial charge in [-0.25, -0.2) is 4.39 Å². The zero-order chi connectivity index (χ0) is 21.0. The van der Waals surface area contributed by atoms with Crippen LogP contribution in [0.2, 0.25) is 0 Å². The third-order valence-electron chi connectivity index (χ3n) is 3.88. The van der Waals surface area contributed by atoms with Crippen molar-refractivity contribution in [1.29, 1.82) is 0 Å². The quantitative estimate of drug-likeness (QED) is 0.262. The third-order valence-corrected chi connectivity index (χ3v) is 4.89. The first-order valence-electron chi connectivity index (χ1n) is 8.59. The Morgan fingerprint density at radius 3 is 2.38 bits per heavy atom. The van der Waals surface area contributed by atoms with Crippen LogP contribution in [0, 0.1) is 9.39 Å². The number of amides is 2. The molecule has 2 aromatic carbocycles. The van der Waals surface area contributed by atoms with Crippen molar-refractivity contribution in [3.8, 4) is 11.5 Å². The van der Waals surface area contributed by atoms with Crippen LogP contribution in [0.25, 0.3) is 6.08 Å². The number of benzene rings is 2. The normalized spacial score (nSPS) is 13.6. The molecule has 1 saturated heterocycles. The molecule has 1 aliphatic heterocycles. The first-order chi connectivity index (χ1) is 13.9. The van der Waals surface area contributed by atoms with Crippen molar-refractivity contribution in [3.05, 3.63) is 62.5 Å².